The third-order valence-electron chi connectivity index (χ3n) is 8.10. The van der Waals surface area contributed by atoms with Crippen LogP contribution in [0.1, 0.15) is 71.8 Å². The molecule has 0 atom stereocenters. The average molecular weight is 463 g/mol. The molecule has 0 bridgehead atoms. The molecule has 3 fully saturated rings. The van der Waals surface area contributed by atoms with E-state index in [1.54, 1.807) is 6.07 Å². The molecule has 3 heterocycles. The van der Waals surface area contributed by atoms with Crippen LogP contribution in [0.5, 0.6) is 5.75 Å². The number of piperidine rings is 1. The van der Waals surface area contributed by atoms with Gasteiger partial charge in [-0.1, -0.05) is 31.0 Å². The van der Waals surface area contributed by atoms with Gasteiger partial charge in [0.2, 0.25) is 0 Å². The molecule has 6 nitrogen and oxygen atoms in total. The number of carbonyl (C=O) groups excluding carboxylic acids is 1. The lowest BCUT2D eigenvalue weighted by Crippen LogP contribution is -2.51. The molecular formula is C28H38N4O2. The van der Waals surface area contributed by atoms with Crippen LogP contribution < -0.4 is 0 Å². The fourth-order valence-corrected chi connectivity index (χ4v) is 6.05. The first kappa shape index (κ1) is 23.3. The number of carbonyl (C=O) groups is 1. The lowest BCUT2D eigenvalue weighted by Gasteiger charge is -2.38. The zero-order chi connectivity index (χ0) is 23.5. The molecule has 1 aliphatic carbocycles. The predicted octanol–water partition coefficient (Wildman–Crippen LogP) is 4.18. The SMILES string of the molecule is Cc1ccc(C(=O)N2CCN(C3CCCC3)CC2)c(C2CCN(Cc3ccccc3O)CC2)n1. The van der Waals surface area contributed by atoms with Gasteiger partial charge in [-0.3, -0.25) is 19.6 Å². The van der Waals surface area contributed by atoms with Crippen LogP contribution in [0.4, 0.5) is 0 Å². The fraction of sp³-hybridized carbons (Fsp3) is 0.571. The molecule has 0 radical (unpaired) electrons. The molecule has 182 valence electrons. The highest BCUT2D eigenvalue weighted by molar-refractivity contribution is 5.95. The normalized spacial score (nSPS) is 21.3. The highest BCUT2D eigenvalue weighted by Gasteiger charge is 2.31. The zero-order valence-electron chi connectivity index (χ0n) is 20.5. The topological polar surface area (TPSA) is 59.9 Å². The van der Waals surface area contributed by atoms with E-state index < -0.39 is 0 Å². The largest absolute Gasteiger partial charge is 0.508 e. The number of likely N-dealkylation sites (tertiary alicyclic amines) is 1. The lowest BCUT2D eigenvalue weighted by molar-refractivity contribution is 0.0570. The number of phenolic OH excluding ortho intramolecular Hbond substituents is 1. The van der Waals surface area contributed by atoms with Crippen LogP contribution in [0.25, 0.3) is 0 Å². The van der Waals surface area contributed by atoms with Gasteiger partial charge in [-0.15, -0.1) is 0 Å². The Bertz CT molecular complexity index is 988. The minimum absolute atomic E-state index is 0.158. The number of para-hydroxylation sites is 1. The number of hydrogen-bond acceptors (Lipinski definition) is 5. The van der Waals surface area contributed by atoms with Crippen molar-refractivity contribution in [2.24, 2.45) is 0 Å². The first-order valence-electron chi connectivity index (χ1n) is 13.1. The van der Waals surface area contributed by atoms with Crippen LogP contribution >= 0.6 is 0 Å². The Morgan fingerprint density at radius 1 is 0.941 bits per heavy atom. The zero-order valence-corrected chi connectivity index (χ0v) is 20.5. The van der Waals surface area contributed by atoms with E-state index >= 15 is 0 Å². The molecule has 3 aliphatic rings. The van der Waals surface area contributed by atoms with Crippen LogP contribution in [0.3, 0.4) is 0 Å². The van der Waals surface area contributed by atoms with E-state index in [1.165, 1.54) is 25.7 Å². The summed E-state index contributed by atoms with van der Waals surface area (Å²) in [6.07, 6.45) is 7.33. The van der Waals surface area contributed by atoms with Crippen molar-refractivity contribution in [2.45, 2.75) is 64.0 Å². The number of benzene rings is 1. The number of pyridine rings is 1. The smallest absolute Gasteiger partial charge is 0.255 e. The summed E-state index contributed by atoms with van der Waals surface area (Å²) in [7, 11) is 0. The van der Waals surface area contributed by atoms with Gasteiger partial charge >= 0.3 is 0 Å². The van der Waals surface area contributed by atoms with Crippen LogP contribution in [-0.2, 0) is 6.54 Å². The molecule has 5 rings (SSSR count). The summed E-state index contributed by atoms with van der Waals surface area (Å²) >= 11 is 0. The third kappa shape index (κ3) is 5.13. The number of amides is 1. The third-order valence-corrected chi connectivity index (χ3v) is 8.10. The summed E-state index contributed by atoms with van der Waals surface area (Å²) in [6, 6.07) is 12.3. The standard InChI is InChI=1S/C28H38N4O2/c1-21-10-11-25(28(34)32-18-16-31(17-19-32)24-7-3-4-8-24)27(29-21)22-12-14-30(15-13-22)20-23-6-2-5-9-26(23)33/h2,5-6,9-11,22,24,33H,3-4,7-8,12-20H2,1H3. The van der Waals surface area contributed by atoms with Gasteiger partial charge in [-0.25, -0.2) is 0 Å². The van der Waals surface area contributed by atoms with Gasteiger partial charge in [0.1, 0.15) is 5.75 Å². The Hall–Kier alpha value is -2.44. The molecule has 34 heavy (non-hydrogen) atoms. The summed E-state index contributed by atoms with van der Waals surface area (Å²) in [6.45, 7) is 8.31. The number of hydrogen-bond donors (Lipinski definition) is 1. The Morgan fingerprint density at radius 3 is 2.35 bits per heavy atom. The summed E-state index contributed by atoms with van der Waals surface area (Å²) in [4.78, 5) is 25.5. The van der Waals surface area contributed by atoms with Gasteiger partial charge in [-0.2, -0.15) is 0 Å². The van der Waals surface area contributed by atoms with E-state index in [4.69, 9.17) is 4.98 Å². The fourth-order valence-electron chi connectivity index (χ4n) is 6.05. The molecule has 1 aromatic carbocycles. The second-order valence-corrected chi connectivity index (χ2v) is 10.3. The van der Waals surface area contributed by atoms with Crippen LogP contribution in [0.15, 0.2) is 36.4 Å². The van der Waals surface area contributed by atoms with Crippen LogP contribution in [0.2, 0.25) is 0 Å². The van der Waals surface area contributed by atoms with Crippen molar-refractivity contribution in [3.63, 3.8) is 0 Å². The molecule has 2 aromatic rings. The van der Waals surface area contributed by atoms with Crippen molar-refractivity contribution < 1.29 is 9.90 Å². The number of phenols is 1. The minimum Gasteiger partial charge on any atom is -0.508 e. The average Bonchev–Trinajstić information content (AvgIpc) is 3.41. The molecule has 1 aromatic heterocycles. The predicted molar refractivity (Wildman–Crippen MR) is 134 cm³/mol. The van der Waals surface area contributed by atoms with Gasteiger partial charge in [0.15, 0.2) is 0 Å². The lowest BCUT2D eigenvalue weighted by atomic mass is 9.89. The maximum absolute atomic E-state index is 13.6. The number of aromatic nitrogens is 1. The molecule has 1 saturated carbocycles. The van der Waals surface area contributed by atoms with E-state index in [-0.39, 0.29) is 5.91 Å². The number of aryl methyl sites for hydroxylation is 1. The van der Waals surface area contributed by atoms with Crippen molar-refractivity contribution in [2.75, 3.05) is 39.3 Å². The van der Waals surface area contributed by atoms with Gasteiger partial charge in [0.25, 0.3) is 5.91 Å². The highest BCUT2D eigenvalue weighted by Crippen LogP contribution is 2.32. The maximum atomic E-state index is 13.6. The number of aromatic hydroxyl groups is 1. The van der Waals surface area contributed by atoms with Gasteiger partial charge < -0.3 is 10.0 Å². The van der Waals surface area contributed by atoms with Crippen LogP contribution in [-0.4, -0.2) is 76.0 Å². The summed E-state index contributed by atoms with van der Waals surface area (Å²) in [5.41, 5.74) is 3.75. The molecule has 1 N–H and O–H groups in total. The van der Waals surface area contributed by atoms with E-state index in [0.717, 1.165) is 87.2 Å². The van der Waals surface area contributed by atoms with Crippen molar-refractivity contribution >= 4 is 5.91 Å². The van der Waals surface area contributed by atoms with Crippen molar-refractivity contribution in [3.05, 3.63) is 58.9 Å². The van der Waals surface area contributed by atoms with Gasteiger partial charge in [0, 0.05) is 55.9 Å². The maximum Gasteiger partial charge on any atom is 0.255 e. The van der Waals surface area contributed by atoms with Crippen molar-refractivity contribution in [1.29, 1.82) is 0 Å². The monoisotopic (exact) mass is 462 g/mol. The van der Waals surface area contributed by atoms with Crippen molar-refractivity contribution in [3.8, 4) is 5.75 Å². The molecule has 2 aliphatic heterocycles. The Labute approximate surface area is 203 Å². The number of piperazine rings is 1. The van der Waals surface area contributed by atoms with Crippen molar-refractivity contribution in [1.82, 2.24) is 19.7 Å². The van der Waals surface area contributed by atoms with E-state index in [9.17, 15) is 9.90 Å². The summed E-state index contributed by atoms with van der Waals surface area (Å²) in [5, 5.41) is 10.1. The van der Waals surface area contributed by atoms with Crippen LogP contribution in [0, 0.1) is 6.92 Å². The van der Waals surface area contributed by atoms with Gasteiger partial charge in [0.05, 0.1) is 11.3 Å². The quantitative estimate of drug-likeness (QED) is 0.723. The number of nitrogens with zero attached hydrogens (tertiary/aromatic N) is 4. The summed E-state index contributed by atoms with van der Waals surface area (Å²) in [5.74, 6) is 0.829. The second-order valence-electron chi connectivity index (χ2n) is 10.3. The van der Waals surface area contributed by atoms with Gasteiger partial charge in [-0.05, 0) is 63.9 Å². The molecular weight excluding hydrogens is 424 g/mol. The Balaban J connectivity index is 1.23. The first-order valence-corrected chi connectivity index (χ1v) is 13.1. The molecule has 0 spiro atoms. The van der Waals surface area contributed by atoms with E-state index in [2.05, 4.69) is 14.7 Å². The molecule has 2 saturated heterocycles. The Kier molecular flexibility index (Phi) is 7.16. The van der Waals surface area contributed by atoms with E-state index in [0.29, 0.717) is 11.7 Å². The highest BCUT2D eigenvalue weighted by atomic mass is 16.3. The van der Waals surface area contributed by atoms with E-state index in [1.807, 2.05) is 37.3 Å². The Morgan fingerprint density at radius 2 is 1.65 bits per heavy atom. The minimum atomic E-state index is 0.158. The molecule has 0 unspecified atom stereocenters. The molecule has 6 heteroatoms. The second kappa shape index (κ2) is 10.4. The summed E-state index contributed by atoms with van der Waals surface area (Å²) < 4.78 is 0. The molecule has 1 amide bonds. The number of rotatable bonds is 5. The first-order chi connectivity index (χ1) is 16.6.